The van der Waals surface area contributed by atoms with Crippen molar-refractivity contribution in [1.29, 1.82) is 0 Å². The molecule has 0 radical (unpaired) electrons. The lowest BCUT2D eigenvalue weighted by atomic mass is 9.94. The molecular formula is C16H22BrNO2. The molecule has 1 aliphatic rings. The molecule has 1 N–H and O–H groups in total. The molecule has 1 aromatic rings. The van der Waals surface area contributed by atoms with Gasteiger partial charge in [0.05, 0.1) is 5.56 Å². The Balaban J connectivity index is 2.08. The minimum absolute atomic E-state index is 0.335. The maximum atomic E-state index is 11.0. The van der Waals surface area contributed by atoms with Crippen molar-refractivity contribution < 1.29 is 9.90 Å². The number of carboxylic acid groups (broad SMARTS) is 1. The van der Waals surface area contributed by atoms with E-state index in [2.05, 4.69) is 27.8 Å². The molecule has 20 heavy (non-hydrogen) atoms. The molecule has 110 valence electrons. The van der Waals surface area contributed by atoms with Gasteiger partial charge in [0.1, 0.15) is 0 Å². The second-order valence-corrected chi connectivity index (χ2v) is 6.32. The second-order valence-electron chi connectivity index (χ2n) is 5.47. The van der Waals surface area contributed by atoms with Crippen molar-refractivity contribution in [3.63, 3.8) is 0 Å². The van der Waals surface area contributed by atoms with Gasteiger partial charge in [0, 0.05) is 17.1 Å². The molecule has 4 heteroatoms. The van der Waals surface area contributed by atoms with E-state index < -0.39 is 5.97 Å². The lowest BCUT2D eigenvalue weighted by Crippen LogP contribution is -2.36. The lowest BCUT2D eigenvalue weighted by Gasteiger charge is -2.33. The fraction of sp³-hybridized carbons (Fsp3) is 0.562. The van der Waals surface area contributed by atoms with Crippen LogP contribution < -0.4 is 0 Å². The maximum Gasteiger partial charge on any atom is 0.335 e. The van der Waals surface area contributed by atoms with Gasteiger partial charge in [-0.15, -0.1) is 0 Å². The zero-order chi connectivity index (χ0) is 14.5. The first kappa shape index (κ1) is 15.5. The molecule has 1 aliphatic carbocycles. The highest BCUT2D eigenvalue weighted by Crippen LogP contribution is 2.26. The Morgan fingerprint density at radius 2 is 2.05 bits per heavy atom. The van der Waals surface area contributed by atoms with Gasteiger partial charge < -0.3 is 5.11 Å². The van der Waals surface area contributed by atoms with Gasteiger partial charge in [-0.1, -0.05) is 48.2 Å². The first-order valence-electron chi connectivity index (χ1n) is 7.37. The van der Waals surface area contributed by atoms with Crippen LogP contribution in [-0.2, 0) is 6.54 Å². The summed E-state index contributed by atoms with van der Waals surface area (Å²) < 4.78 is 0.895. The van der Waals surface area contributed by atoms with Crippen molar-refractivity contribution in [2.24, 2.45) is 0 Å². The smallest absolute Gasteiger partial charge is 0.335 e. The van der Waals surface area contributed by atoms with Gasteiger partial charge in [0.15, 0.2) is 0 Å². The highest BCUT2D eigenvalue weighted by Gasteiger charge is 2.20. The Kier molecular flexibility index (Phi) is 5.61. The summed E-state index contributed by atoms with van der Waals surface area (Å²) in [5.74, 6) is -0.878. The summed E-state index contributed by atoms with van der Waals surface area (Å²) in [4.78, 5) is 13.5. The van der Waals surface area contributed by atoms with Gasteiger partial charge in [-0.25, -0.2) is 4.79 Å². The van der Waals surface area contributed by atoms with E-state index in [1.54, 1.807) is 12.1 Å². The summed E-state index contributed by atoms with van der Waals surface area (Å²) in [7, 11) is 0. The first-order chi connectivity index (χ1) is 9.61. The lowest BCUT2D eigenvalue weighted by molar-refractivity contribution is 0.0696. The molecule has 1 saturated carbocycles. The highest BCUT2D eigenvalue weighted by molar-refractivity contribution is 9.10. The van der Waals surface area contributed by atoms with E-state index in [4.69, 9.17) is 5.11 Å². The topological polar surface area (TPSA) is 40.5 Å². The van der Waals surface area contributed by atoms with Crippen molar-refractivity contribution in [3.8, 4) is 0 Å². The molecule has 0 spiro atoms. The first-order valence-corrected chi connectivity index (χ1v) is 8.17. The normalized spacial score (nSPS) is 16.6. The van der Waals surface area contributed by atoms with Crippen molar-refractivity contribution >= 4 is 21.9 Å². The van der Waals surface area contributed by atoms with Crippen molar-refractivity contribution in [1.82, 2.24) is 4.90 Å². The van der Waals surface area contributed by atoms with Crippen LogP contribution in [0.25, 0.3) is 0 Å². The Hall–Kier alpha value is -0.870. The number of hydrogen-bond acceptors (Lipinski definition) is 2. The van der Waals surface area contributed by atoms with E-state index in [1.807, 2.05) is 6.07 Å². The number of carbonyl (C=O) groups is 1. The Morgan fingerprint density at radius 3 is 2.60 bits per heavy atom. The fourth-order valence-electron chi connectivity index (χ4n) is 2.97. The fourth-order valence-corrected chi connectivity index (χ4v) is 3.48. The second kappa shape index (κ2) is 7.23. The molecule has 0 aliphatic heterocycles. The van der Waals surface area contributed by atoms with Gasteiger partial charge in [-0.2, -0.15) is 0 Å². The number of carboxylic acids is 1. The van der Waals surface area contributed by atoms with Gasteiger partial charge in [-0.3, -0.25) is 4.90 Å². The van der Waals surface area contributed by atoms with Crippen LogP contribution in [0, 0.1) is 0 Å². The van der Waals surface area contributed by atoms with Crippen LogP contribution in [0.4, 0.5) is 0 Å². The van der Waals surface area contributed by atoms with E-state index in [0.29, 0.717) is 11.6 Å². The van der Waals surface area contributed by atoms with Crippen LogP contribution in [0.15, 0.2) is 22.7 Å². The molecule has 1 fully saturated rings. The van der Waals surface area contributed by atoms with Crippen molar-refractivity contribution in [3.05, 3.63) is 33.8 Å². The summed E-state index contributed by atoms with van der Waals surface area (Å²) in [6.07, 6.45) is 6.61. The van der Waals surface area contributed by atoms with Crippen molar-refractivity contribution in [2.75, 3.05) is 6.54 Å². The molecule has 0 bridgehead atoms. The summed E-state index contributed by atoms with van der Waals surface area (Å²) in [5, 5.41) is 9.00. The molecule has 1 aromatic carbocycles. The van der Waals surface area contributed by atoms with Crippen LogP contribution in [0.3, 0.4) is 0 Å². The number of halogens is 1. The zero-order valence-corrected chi connectivity index (χ0v) is 13.5. The third-order valence-corrected chi connectivity index (χ3v) is 4.91. The largest absolute Gasteiger partial charge is 0.478 e. The molecule has 0 unspecified atom stereocenters. The van der Waals surface area contributed by atoms with Crippen LogP contribution in [-0.4, -0.2) is 28.6 Å². The van der Waals surface area contributed by atoms with Gasteiger partial charge in [0.2, 0.25) is 0 Å². The van der Waals surface area contributed by atoms with Gasteiger partial charge >= 0.3 is 5.97 Å². The van der Waals surface area contributed by atoms with Crippen molar-refractivity contribution in [2.45, 2.75) is 51.6 Å². The summed E-state index contributed by atoms with van der Waals surface area (Å²) in [6, 6.07) is 6.00. The summed E-state index contributed by atoms with van der Waals surface area (Å²) in [6.45, 7) is 4.13. The standard InChI is InChI=1S/C16H22BrNO2/c1-2-18(14-6-4-3-5-7-14)11-13-9-8-12(16(19)20)10-15(13)17/h8-10,14H,2-7,11H2,1H3,(H,19,20). The Labute approximate surface area is 129 Å². The number of aromatic carboxylic acids is 1. The van der Waals surface area contributed by atoms with E-state index >= 15 is 0 Å². The number of rotatable bonds is 5. The molecule has 0 amide bonds. The van der Waals surface area contributed by atoms with E-state index in [1.165, 1.54) is 37.7 Å². The predicted molar refractivity (Wildman–Crippen MR) is 84.1 cm³/mol. The average molecular weight is 340 g/mol. The minimum atomic E-state index is -0.878. The van der Waals surface area contributed by atoms with Crippen LogP contribution >= 0.6 is 15.9 Å². The molecule has 0 saturated heterocycles. The quantitative estimate of drug-likeness (QED) is 0.869. The number of hydrogen-bond donors (Lipinski definition) is 1. The van der Waals surface area contributed by atoms with Crippen LogP contribution in [0.1, 0.15) is 54.9 Å². The molecular weight excluding hydrogens is 318 g/mol. The molecule has 2 rings (SSSR count). The van der Waals surface area contributed by atoms with Gasteiger partial charge in [0.25, 0.3) is 0 Å². The summed E-state index contributed by atoms with van der Waals surface area (Å²) in [5.41, 5.74) is 1.50. The Bertz CT molecular complexity index is 470. The average Bonchev–Trinajstić information content (AvgIpc) is 2.46. The van der Waals surface area contributed by atoms with E-state index in [0.717, 1.165) is 17.6 Å². The zero-order valence-electron chi connectivity index (χ0n) is 11.9. The molecule has 0 aromatic heterocycles. The molecule has 3 nitrogen and oxygen atoms in total. The monoisotopic (exact) mass is 339 g/mol. The number of benzene rings is 1. The SMILES string of the molecule is CCN(Cc1ccc(C(=O)O)cc1Br)C1CCCCC1. The van der Waals surface area contributed by atoms with E-state index in [-0.39, 0.29) is 0 Å². The van der Waals surface area contributed by atoms with Gasteiger partial charge in [-0.05, 0) is 37.1 Å². The van der Waals surface area contributed by atoms with Crippen LogP contribution in [0.2, 0.25) is 0 Å². The molecule has 0 heterocycles. The molecule has 0 atom stereocenters. The third kappa shape index (κ3) is 3.83. The number of nitrogens with zero attached hydrogens (tertiary/aromatic N) is 1. The minimum Gasteiger partial charge on any atom is -0.478 e. The van der Waals surface area contributed by atoms with E-state index in [9.17, 15) is 4.79 Å². The Morgan fingerprint density at radius 1 is 1.35 bits per heavy atom. The van der Waals surface area contributed by atoms with Crippen LogP contribution in [0.5, 0.6) is 0 Å². The highest BCUT2D eigenvalue weighted by atomic mass is 79.9. The summed E-state index contributed by atoms with van der Waals surface area (Å²) >= 11 is 3.51. The third-order valence-electron chi connectivity index (χ3n) is 4.17. The predicted octanol–water partition coefficient (Wildman–Crippen LogP) is 4.30. The maximum absolute atomic E-state index is 11.0.